The zero-order chi connectivity index (χ0) is 38.5. The number of nitrogens with one attached hydrogen (secondary N) is 1. The largest absolute Gasteiger partial charge is 0.344 e. The maximum absolute atomic E-state index is 14.2. The average Bonchev–Trinajstić information content (AvgIpc) is 3.10. The number of nitrogens with two attached hydrogens (primary N) is 1. The van der Waals surface area contributed by atoms with E-state index < -0.39 is 70.4 Å². The van der Waals surface area contributed by atoms with E-state index in [-0.39, 0.29) is 41.3 Å². The fourth-order valence-corrected chi connectivity index (χ4v) is 6.40. The molecule has 6 rings (SSSR count). The number of benzene rings is 2. The number of rotatable bonds is 12. The van der Waals surface area contributed by atoms with Crippen molar-refractivity contribution in [2.24, 2.45) is 5.73 Å². The summed E-state index contributed by atoms with van der Waals surface area (Å²) in [5.74, 6) is -8.07. The first-order valence-corrected chi connectivity index (χ1v) is 16.4. The van der Waals surface area contributed by atoms with Crippen LogP contribution in [0.4, 0.5) is 35.1 Å². The number of nitrogens with zero attached hydrogens (tertiary/aromatic N) is 4. The van der Waals surface area contributed by atoms with Gasteiger partial charge in [0.15, 0.2) is 34.8 Å². The molecule has 2 heterocycles. The van der Waals surface area contributed by atoms with Crippen LogP contribution in [-0.2, 0) is 28.5 Å². The molecule has 280 valence electrons. The number of alkyl halides is 2. The predicted molar refractivity (Wildman–Crippen MR) is 172 cm³/mol. The summed E-state index contributed by atoms with van der Waals surface area (Å²) in [6.07, 6.45) is 6.34. The van der Waals surface area contributed by atoms with E-state index >= 15 is 0 Å². The summed E-state index contributed by atoms with van der Waals surface area (Å²) in [6, 6.07) is 2.87. The number of Topliss-reactive ketones (excluding diaryl/α,β-unsaturated/α-hetero) is 2. The maximum atomic E-state index is 14.2. The number of hydrogen-bond donors (Lipinski definition) is 2. The molecule has 4 aromatic rings. The smallest absolute Gasteiger partial charge is 0.315 e. The van der Waals surface area contributed by atoms with Crippen molar-refractivity contribution < 1.29 is 49.5 Å². The normalized spacial score (nSPS) is 15.4. The zero-order valence-electron chi connectivity index (χ0n) is 27.9. The quantitative estimate of drug-likeness (QED) is 0.105. The van der Waals surface area contributed by atoms with Crippen molar-refractivity contribution in [3.63, 3.8) is 0 Å². The summed E-state index contributed by atoms with van der Waals surface area (Å²) in [5, 5.41) is 1.79. The van der Waals surface area contributed by atoms with Crippen LogP contribution in [0.3, 0.4) is 0 Å². The van der Waals surface area contributed by atoms with Crippen LogP contribution in [0.5, 0.6) is 0 Å². The second kappa shape index (κ2) is 16.2. The Hall–Kier alpha value is -5.19. The highest BCUT2D eigenvalue weighted by Crippen LogP contribution is 2.48. The topological polar surface area (TPSA) is 141 Å². The van der Waals surface area contributed by atoms with Crippen LogP contribution < -0.4 is 11.1 Å². The van der Waals surface area contributed by atoms with Crippen LogP contribution in [0.1, 0.15) is 82.0 Å². The van der Waals surface area contributed by atoms with Gasteiger partial charge >= 0.3 is 6.43 Å². The molecule has 0 bridgehead atoms. The van der Waals surface area contributed by atoms with Crippen LogP contribution in [-0.4, -0.2) is 56.9 Å². The minimum atomic E-state index is -3.23. The summed E-state index contributed by atoms with van der Waals surface area (Å²) in [7, 11) is 0. The Balaban J connectivity index is 0.000000208. The van der Waals surface area contributed by atoms with E-state index in [1.807, 2.05) is 0 Å². The molecule has 0 saturated heterocycles. The molecule has 9 nitrogen and oxygen atoms in total. The van der Waals surface area contributed by atoms with E-state index in [1.54, 1.807) is 5.32 Å². The number of halogens is 8. The zero-order valence-corrected chi connectivity index (χ0v) is 27.9. The Morgan fingerprint density at radius 1 is 0.623 bits per heavy atom. The fraction of sp³-hybridized carbons (Fsp3) is 0.361. The van der Waals surface area contributed by atoms with Gasteiger partial charge in [0.2, 0.25) is 0 Å². The van der Waals surface area contributed by atoms with Crippen molar-refractivity contribution in [2.75, 3.05) is 13.1 Å². The summed E-state index contributed by atoms with van der Waals surface area (Å²) < 4.78 is 106. The molecule has 0 aliphatic heterocycles. The molecular weight excluding hydrogens is 716 g/mol. The highest BCUT2D eigenvalue weighted by Gasteiger charge is 2.43. The van der Waals surface area contributed by atoms with Crippen molar-refractivity contribution in [3.8, 4) is 0 Å². The van der Waals surface area contributed by atoms with Gasteiger partial charge in [0.25, 0.3) is 5.91 Å². The molecular formula is C36H32F8N6O3. The molecule has 0 radical (unpaired) electrons. The van der Waals surface area contributed by atoms with Crippen LogP contribution in [0.25, 0.3) is 0 Å². The lowest BCUT2D eigenvalue weighted by Gasteiger charge is -2.42. The van der Waals surface area contributed by atoms with Crippen molar-refractivity contribution in [2.45, 2.75) is 68.6 Å². The highest BCUT2D eigenvalue weighted by molar-refractivity contribution is 5.99. The number of carbonyl (C=O) groups excluding carboxylic acids is 3. The summed E-state index contributed by atoms with van der Waals surface area (Å²) in [5.41, 5.74) is 4.39. The van der Waals surface area contributed by atoms with Gasteiger partial charge in [0.1, 0.15) is 23.3 Å². The fourth-order valence-electron chi connectivity index (χ4n) is 6.40. The van der Waals surface area contributed by atoms with E-state index in [1.165, 1.54) is 24.8 Å². The lowest BCUT2D eigenvalue weighted by molar-refractivity contribution is -0.131. The third-order valence-electron chi connectivity index (χ3n) is 9.64. The van der Waals surface area contributed by atoms with E-state index in [0.717, 1.165) is 25.0 Å². The summed E-state index contributed by atoms with van der Waals surface area (Å²) in [6.45, 7) is -0.761. The molecule has 2 fully saturated rings. The Morgan fingerprint density at radius 2 is 1.00 bits per heavy atom. The molecule has 53 heavy (non-hydrogen) atoms. The van der Waals surface area contributed by atoms with E-state index in [2.05, 4.69) is 19.9 Å². The number of amides is 1. The molecule has 2 aliphatic carbocycles. The van der Waals surface area contributed by atoms with Gasteiger partial charge < -0.3 is 11.1 Å². The first-order valence-electron chi connectivity index (χ1n) is 16.4. The van der Waals surface area contributed by atoms with Gasteiger partial charge in [-0.25, -0.2) is 46.3 Å². The molecule has 1 amide bonds. The Morgan fingerprint density at radius 3 is 1.34 bits per heavy atom. The highest BCUT2D eigenvalue weighted by atomic mass is 19.3. The number of carbonyl (C=O) groups is 3. The minimum absolute atomic E-state index is 0.00461. The van der Waals surface area contributed by atoms with Gasteiger partial charge in [-0.3, -0.25) is 14.4 Å². The van der Waals surface area contributed by atoms with E-state index in [9.17, 15) is 49.5 Å². The molecule has 17 heteroatoms. The maximum Gasteiger partial charge on any atom is 0.315 e. The molecule has 2 aliphatic rings. The van der Waals surface area contributed by atoms with Crippen molar-refractivity contribution in [1.82, 2.24) is 25.3 Å². The van der Waals surface area contributed by atoms with Crippen molar-refractivity contribution in [1.29, 1.82) is 0 Å². The lowest BCUT2D eigenvalue weighted by atomic mass is 9.62. The molecule has 2 saturated carbocycles. The Labute approximate surface area is 297 Å². The molecule has 2 aromatic carbocycles. The lowest BCUT2D eigenvalue weighted by Crippen LogP contribution is -2.38. The van der Waals surface area contributed by atoms with Gasteiger partial charge in [-0.2, -0.15) is 8.78 Å². The van der Waals surface area contributed by atoms with E-state index in [4.69, 9.17) is 5.73 Å². The Kier molecular flexibility index (Phi) is 11.9. The molecule has 0 atom stereocenters. The summed E-state index contributed by atoms with van der Waals surface area (Å²) >= 11 is 0. The van der Waals surface area contributed by atoms with Gasteiger partial charge in [0, 0.05) is 60.6 Å². The van der Waals surface area contributed by atoms with Crippen molar-refractivity contribution >= 4 is 17.5 Å². The summed E-state index contributed by atoms with van der Waals surface area (Å²) in [4.78, 5) is 50.5. The SMILES string of the molecule is NCC(=O)c1cnc(CC2(c3cc(F)c(F)cc3F)CCC2)nc1.O=C(CNC(=O)C(F)F)c1cnc(CC2(c3cc(F)c(F)cc3F)CCC2)nc1. The number of ketones is 2. The van der Waals surface area contributed by atoms with E-state index in [0.29, 0.717) is 55.6 Å². The van der Waals surface area contributed by atoms with Gasteiger partial charge in [-0.15, -0.1) is 0 Å². The second-order valence-electron chi connectivity index (χ2n) is 13.0. The Bertz CT molecular complexity index is 1990. The van der Waals surface area contributed by atoms with Crippen LogP contribution in [0, 0.1) is 34.9 Å². The van der Waals surface area contributed by atoms with Crippen LogP contribution >= 0.6 is 0 Å². The molecule has 0 spiro atoms. The standard InChI is InChI=1S/C19H16F5N3O2.C17H16F3N3O/c20-12-5-14(22)13(21)4-11(12)19(2-1-3-19)6-16-25-7-10(8-26-16)15(28)9-27-18(29)17(23)24;18-12-5-14(20)13(19)4-11(12)17(2-1-3-17)6-16-22-8-10(9-23-16)15(24)7-21/h4-5,7-8,17H,1-3,6,9H2,(H,27,29);4-5,8-9H,1-3,6-7,21H2. The first-order chi connectivity index (χ1) is 25.2. The number of hydrogen-bond acceptors (Lipinski definition) is 8. The molecule has 2 aromatic heterocycles. The first kappa shape index (κ1) is 39.0. The minimum Gasteiger partial charge on any atom is -0.344 e. The monoisotopic (exact) mass is 748 g/mol. The van der Waals surface area contributed by atoms with Crippen LogP contribution in [0.15, 0.2) is 49.1 Å². The third-order valence-corrected chi connectivity index (χ3v) is 9.64. The predicted octanol–water partition coefficient (Wildman–Crippen LogP) is 5.82. The van der Waals surface area contributed by atoms with Gasteiger partial charge in [0.05, 0.1) is 24.2 Å². The molecule has 0 unspecified atom stereocenters. The average molecular weight is 749 g/mol. The third kappa shape index (κ3) is 8.72. The number of aromatic nitrogens is 4. The van der Waals surface area contributed by atoms with Crippen LogP contribution in [0.2, 0.25) is 0 Å². The second-order valence-corrected chi connectivity index (χ2v) is 13.0. The molecule has 3 N–H and O–H groups in total. The van der Waals surface area contributed by atoms with Gasteiger partial charge in [-0.05, 0) is 48.9 Å². The van der Waals surface area contributed by atoms with Gasteiger partial charge in [-0.1, -0.05) is 12.8 Å². The van der Waals surface area contributed by atoms with Crippen molar-refractivity contribution in [3.05, 3.63) is 118 Å².